The smallest absolute Gasteiger partial charge is 0.303 e. The van der Waals surface area contributed by atoms with Gasteiger partial charge >= 0.3 is 11.9 Å². The largest absolute Gasteiger partial charge is 0.481 e. The summed E-state index contributed by atoms with van der Waals surface area (Å²) in [6, 6.07) is 1.92. The van der Waals surface area contributed by atoms with Crippen molar-refractivity contribution in [2.75, 3.05) is 5.73 Å². The van der Waals surface area contributed by atoms with Gasteiger partial charge in [-0.15, -0.1) is 11.3 Å². The molecule has 0 bridgehead atoms. The molecule has 5 nitrogen and oxygen atoms in total. The summed E-state index contributed by atoms with van der Waals surface area (Å²) in [6.07, 6.45) is 3.98. The third kappa shape index (κ3) is 6.24. The number of rotatable bonds is 9. The summed E-state index contributed by atoms with van der Waals surface area (Å²) in [4.78, 5) is 23.0. The van der Waals surface area contributed by atoms with E-state index in [1.807, 2.05) is 6.07 Å². The molecule has 0 spiro atoms. The molecule has 0 aromatic carbocycles. The van der Waals surface area contributed by atoms with Crippen molar-refractivity contribution in [2.24, 2.45) is 0 Å². The molecular weight excluding hydrogens is 266 g/mol. The summed E-state index contributed by atoms with van der Waals surface area (Å²) in [5.41, 5.74) is 6.61. The minimum Gasteiger partial charge on any atom is -0.481 e. The number of carbonyl (C=O) groups is 2. The topological polar surface area (TPSA) is 101 Å². The Hall–Kier alpha value is -1.56. The van der Waals surface area contributed by atoms with Crippen molar-refractivity contribution in [3.8, 4) is 0 Å². The average Bonchev–Trinajstić information content (AvgIpc) is 2.65. The maximum Gasteiger partial charge on any atom is 0.303 e. The second-order valence-electron chi connectivity index (χ2n) is 4.44. The van der Waals surface area contributed by atoms with Gasteiger partial charge < -0.3 is 15.9 Å². The van der Waals surface area contributed by atoms with Gasteiger partial charge in [0.2, 0.25) is 0 Å². The summed E-state index contributed by atoms with van der Waals surface area (Å²) in [6.45, 7) is 0. The van der Waals surface area contributed by atoms with Gasteiger partial charge in [-0.1, -0.05) is 0 Å². The number of anilines is 1. The molecule has 0 fully saturated rings. The van der Waals surface area contributed by atoms with E-state index >= 15 is 0 Å². The Morgan fingerprint density at radius 2 is 1.68 bits per heavy atom. The Morgan fingerprint density at radius 1 is 1.05 bits per heavy atom. The predicted molar refractivity (Wildman–Crippen MR) is 74.5 cm³/mol. The fourth-order valence-electron chi connectivity index (χ4n) is 1.79. The Kier molecular flexibility index (Phi) is 6.35. The maximum atomic E-state index is 10.4. The molecule has 0 saturated carbocycles. The molecule has 1 aromatic heterocycles. The van der Waals surface area contributed by atoms with E-state index in [4.69, 9.17) is 15.9 Å². The Morgan fingerprint density at radius 3 is 2.32 bits per heavy atom. The molecule has 0 aliphatic heterocycles. The van der Waals surface area contributed by atoms with Crippen LogP contribution in [0.5, 0.6) is 0 Å². The molecule has 0 atom stereocenters. The van der Waals surface area contributed by atoms with Gasteiger partial charge in [-0.2, -0.15) is 0 Å². The van der Waals surface area contributed by atoms with Gasteiger partial charge in [0.1, 0.15) is 0 Å². The van der Waals surface area contributed by atoms with Crippen LogP contribution in [0.25, 0.3) is 0 Å². The van der Waals surface area contributed by atoms with E-state index in [-0.39, 0.29) is 12.8 Å². The Bertz CT molecular complexity index is 442. The Balaban J connectivity index is 2.36. The van der Waals surface area contributed by atoms with Gasteiger partial charge in [-0.3, -0.25) is 9.59 Å². The number of thiophene rings is 1. The van der Waals surface area contributed by atoms with Gasteiger partial charge in [-0.25, -0.2) is 0 Å². The quantitative estimate of drug-likeness (QED) is 0.605. The number of carboxylic acids is 2. The molecule has 0 saturated heterocycles. The molecule has 6 heteroatoms. The fourth-order valence-corrected chi connectivity index (χ4v) is 2.97. The van der Waals surface area contributed by atoms with Crippen LogP contribution in [0.4, 0.5) is 5.69 Å². The van der Waals surface area contributed by atoms with E-state index < -0.39 is 11.9 Å². The van der Waals surface area contributed by atoms with Gasteiger partial charge in [0, 0.05) is 28.3 Å². The standard InChI is InChI=1S/C13H19NO4S/c14-10-8-9(4-1-2-6-12(15)16)19-11(10)5-3-7-13(17)18/h8H,1-7,14H2,(H,15,16)(H,17,18). The first-order chi connectivity index (χ1) is 8.99. The molecule has 106 valence electrons. The summed E-state index contributed by atoms with van der Waals surface area (Å²) < 4.78 is 0. The number of nitrogens with two attached hydrogens (primary N) is 1. The monoisotopic (exact) mass is 285 g/mol. The highest BCUT2D eigenvalue weighted by molar-refractivity contribution is 7.12. The van der Waals surface area contributed by atoms with Crippen LogP contribution in [-0.4, -0.2) is 22.2 Å². The molecule has 1 aromatic rings. The predicted octanol–water partition coefficient (Wildman–Crippen LogP) is 2.54. The minimum absolute atomic E-state index is 0.158. The van der Waals surface area contributed by atoms with Crippen molar-refractivity contribution in [2.45, 2.75) is 44.9 Å². The number of aliphatic carboxylic acids is 2. The number of carboxylic acid groups (broad SMARTS) is 2. The number of nitrogen functional groups attached to an aromatic ring is 1. The zero-order valence-electron chi connectivity index (χ0n) is 10.7. The van der Waals surface area contributed by atoms with Crippen molar-refractivity contribution in [1.82, 2.24) is 0 Å². The summed E-state index contributed by atoms with van der Waals surface area (Å²) in [7, 11) is 0. The van der Waals surface area contributed by atoms with Crippen molar-refractivity contribution >= 4 is 29.0 Å². The summed E-state index contributed by atoms with van der Waals surface area (Å²) in [5.74, 6) is -1.55. The van der Waals surface area contributed by atoms with Gasteiger partial charge in [0.25, 0.3) is 0 Å². The van der Waals surface area contributed by atoms with Crippen LogP contribution in [0, 0.1) is 0 Å². The summed E-state index contributed by atoms with van der Waals surface area (Å²) >= 11 is 1.60. The fraction of sp³-hybridized carbons (Fsp3) is 0.538. The first kappa shape index (κ1) is 15.5. The highest BCUT2D eigenvalue weighted by Gasteiger charge is 2.07. The van der Waals surface area contributed by atoms with Crippen molar-refractivity contribution in [1.29, 1.82) is 0 Å². The van der Waals surface area contributed by atoms with E-state index in [1.165, 1.54) is 0 Å². The van der Waals surface area contributed by atoms with Crippen molar-refractivity contribution < 1.29 is 19.8 Å². The van der Waals surface area contributed by atoms with Crippen LogP contribution in [0.3, 0.4) is 0 Å². The normalized spacial score (nSPS) is 10.5. The second-order valence-corrected chi connectivity index (χ2v) is 5.66. The van der Waals surface area contributed by atoms with Crippen molar-refractivity contribution in [3.63, 3.8) is 0 Å². The van der Waals surface area contributed by atoms with Gasteiger partial charge in [0.05, 0.1) is 0 Å². The van der Waals surface area contributed by atoms with Crippen LogP contribution >= 0.6 is 11.3 Å². The zero-order valence-corrected chi connectivity index (χ0v) is 11.5. The van der Waals surface area contributed by atoms with E-state index in [0.29, 0.717) is 19.3 Å². The zero-order chi connectivity index (χ0) is 14.3. The van der Waals surface area contributed by atoms with Crippen LogP contribution in [0.2, 0.25) is 0 Å². The lowest BCUT2D eigenvalue weighted by molar-refractivity contribution is -0.138. The third-order valence-electron chi connectivity index (χ3n) is 2.75. The van der Waals surface area contributed by atoms with E-state index in [2.05, 4.69) is 0 Å². The lowest BCUT2D eigenvalue weighted by atomic mass is 10.1. The molecule has 0 amide bonds. The lowest BCUT2D eigenvalue weighted by Gasteiger charge is -1.97. The third-order valence-corrected chi connectivity index (χ3v) is 4.02. The van der Waals surface area contributed by atoms with Crippen LogP contribution in [-0.2, 0) is 22.4 Å². The first-order valence-electron chi connectivity index (χ1n) is 6.29. The molecule has 0 unspecified atom stereocenters. The minimum atomic E-state index is -0.788. The Labute approximate surface area is 116 Å². The highest BCUT2D eigenvalue weighted by Crippen LogP contribution is 2.27. The molecule has 0 aliphatic rings. The molecular formula is C13H19NO4S. The highest BCUT2D eigenvalue weighted by atomic mass is 32.1. The molecule has 0 radical (unpaired) electrons. The molecule has 1 rings (SSSR count). The maximum absolute atomic E-state index is 10.4. The SMILES string of the molecule is Nc1cc(CCCCC(=O)O)sc1CCCC(=O)O. The van der Waals surface area contributed by atoms with Crippen LogP contribution in [0.1, 0.15) is 41.9 Å². The van der Waals surface area contributed by atoms with E-state index in [9.17, 15) is 9.59 Å². The average molecular weight is 285 g/mol. The summed E-state index contributed by atoms with van der Waals surface area (Å²) in [5, 5.41) is 17.1. The molecule has 1 heterocycles. The van der Waals surface area contributed by atoms with Crippen LogP contribution < -0.4 is 5.73 Å². The number of unbranched alkanes of at least 4 members (excludes halogenated alkanes) is 1. The number of hydrogen-bond acceptors (Lipinski definition) is 4. The molecule has 4 N–H and O–H groups in total. The molecule has 0 aliphatic carbocycles. The van der Waals surface area contributed by atoms with Crippen molar-refractivity contribution in [3.05, 3.63) is 15.8 Å². The second kappa shape index (κ2) is 7.78. The first-order valence-corrected chi connectivity index (χ1v) is 7.11. The number of aryl methyl sites for hydroxylation is 2. The van der Waals surface area contributed by atoms with Gasteiger partial charge in [-0.05, 0) is 38.2 Å². The van der Waals surface area contributed by atoms with Crippen LogP contribution in [0.15, 0.2) is 6.07 Å². The van der Waals surface area contributed by atoms with E-state index in [1.54, 1.807) is 11.3 Å². The molecule has 19 heavy (non-hydrogen) atoms. The lowest BCUT2D eigenvalue weighted by Crippen LogP contribution is -1.96. The van der Waals surface area contributed by atoms with Gasteiger partial charge in [0.15, 0.2) is 0 Å². The van der Waals surface area contributed by atoms with E-state index in [0.717, 1.165) is 28.3 Å². The number of hydrogen-bond donors (Lipinski definition) is 3.